The lowest BCUT2D eigenvalue weighted by Crippen LogP contribution is -2.30. The van der Waals surface area contributed by atoms with Crippen molar-refractivity contribution in [2.45, 2.75) is 12.5 Å². The molecule has 0 bridgehead atoms. The highest BCUT2D eigenvalue weighted by Gasteiger charge is 2.16. The number of benzene rings is 1. The van der Waals surface area contributed by atoms with Gasteiger partial charge in [0, 0.05) is 11.6 Å². The lowest BCUT2D eigenvalue weighted by atomic mass is 10.0. The van der Waals surface area contributed by atoms with E-state index in [1.54, 1.807) is 12.3 Å². The zero-order valence-corrected chi connectivity index (χ0v) is 8.99. The van der Waals surface area contributed by atoms with Crippen LogP contribution in [-0.4, -0.2) is 0 Å². The first kappa shape index (κ1) is 11.8. The maximum absolute atomic E-state index is 13.6. The first-order valence-electron chi connectivity index (χ1n) is 5.13. The zero-order chi connectivity index (χ0) is 12.3. The average molecular weight is 238 g/mol. The smallest absolute Gasteiger partial charge is 0.130 e. The third kappa shape index (κ3) is 2.69. The predicted octanol–water partition coefficient (Wildman–Crippen LogP) is 2.30. The standard InChI is InChI=1S/C12H12F2N2O/c13-9-1-2-10(11(14)6-9)12(16-15)5-8-3-4-17-7-8/h1-4,6-7,12,16H,5,15H2. The first-order valence-corrected chi connectivity index (χ1v) is 5.13. The van der Waals surface area contributed by atoms with Crippen LogP contribution in [0.25, 0.3) is 0 Å². The molecule has 0 radical (unpaired) electrons. The van der Waals surface area contributed by atoms with Crippen molar-refractivity contribution in [3.05, 3.63) is 59.6 Å². The van der Waals surface area contributed by atoms with Crippen molar-refractivity contribution in [1.82, 2.24) is 5.43 Å². The summed E-state index contributed by atoms with van der Waals surface area (Å²) in [6.07, 6.45) is 3.56. The van der Waals surface area contributed by atoms with Crippen LogP contribution in [0.15, 0.2) is 41.2 Å². The van der Waals surface area contributed by atoms with Gasteiger partial charge in [-0.2, -0.15) is 0 Å². The summed E-state index contributed by atoms with van der Waals surface area (Å²) in [6.45, 7) is 0. The minimum atomic E-state index is -0.614. The highest BCUT2D eigenvalue weighted by molar-refractivity contribution is 5.24. The van der Waals surface area contributed by atoms with E-state index in [1.807, 2.05) is 0 Å². The second-order valence-corrected chi connectivity index (χ2v) is 3.72. The highest BCUT2D eigenvalue weighted by Crippen LogP contribution is 2.21. The Labute approximate surface area is 97.2 Å². The number of hydrogen-bond donors (Lipinski definition) is 2. The van der Waals surface area contributed by atoms with Gasteiger partial charge in [-0.15, -0.1) is 0 Å². The summed E-state index contributed by atoms with van der Waals surface area (Å²) < 4.78 is 31.3. The maximum Gasteiger partial charge on any atom is 0.130 e. The molecule has 0 aliphatic rings. The Kier molecular flexibility index (Phi) is 3.51. The Hall–Kier alpha value is -1.72. The molecule has 1 atom stereocenters. The van der Waals surface area contributed by atoms with Gasteiger partial charge < -0.3 is 4.42 Å². The lowest BCUT2D eigenvalue weighted by Gasteiger charge is -2.16. The third-order valence-electron chi connectivity index (χ3n) is 2.56. The van der Waals surface area contributed by atoms with Gasteiger partial charge >= 0.3 is 0 Å². The van der Waals surface area contributed by atoms with Gasteiger partial charge in [-0.3, -0.25) is 11.3 Å². The predicted molar refractivity (Wildman–Crippen MR) is 58.8 cm³/mol. The molecule has 1 aromatic heterocycles. The molecule has 2 rings (SSSR count). The molecule has 17 heavy (non-hydrogen) atoms. The monoisotopic (exact) mass is 238 g/mol. The number of halogens is 2. The van der Waals surface area contributed by atoms with E-state index in [2.05, 4.69) is 5.43 Å². The van der Waals surface area contributed by atoms with Crippen LogP contribution >= 0.6 is 0 Å². The number of furan rings is 1. The summed E-state index contributed by atoms with van der Waals surface area (Å²) >= 11 is 0. The van der Waals surface area contributed by atoms with Gasteiger partial charge in [-0.1, -0.05) is 6.07 Å². The van der Waals surface area contributed by atoms with Crippen molar-refractivity contribution in [1.29, 1.82) is 0 Å². The topological polar surface area (TPSA) is 51.2 Å². The Balaban J connectivity index is 2.23. The van der Waals surface area contributed by atoms with Crippen LogP contribution in [-0.2, 0) is 6.42 Å². The van der Waals surface area contributed by atoms with Gasteiger partial charge in [0.25, 0.3) is 0 Å². The second-order valence-electron chi connectivity index (χ2n) is 3.72. The molecule has 3 N–H and O–H groups in total. The van der Waals surface area contributed by atoms with E-state index >= 15 is 0 Å². The molecule has 3 nitrogen and oxygen atoms in total. The second kappa shape index (κ2) is 5.07. The zero-order valence-electron chi connectivity index (χ0n) is 8.99. The Morgan fingerprint density at radius 2 is 2.12 bits per heavy atom. The van der Waals surface area contributed by atoms with E-state index in [-0.39, 0.29) is 0 Å². The summed E-state index contributed by atoms with van der Waals surface area (Å²) in [4.78, 5) is 0. The van der Waals surface area contributed by atoms with Crippen molar-refractivity contribution >= 4 is 0 Å². The molecule has 2 aromatic rings. The van der Waals surface area contributed by atoms with Gasteiger partial charge in [0.1, 0.15) is 11.6 Å². The quantitative estimate of drug-likeness (QED) is 0.634. The van der Waals surface area contributed by atoms with E-state index in [0.717, 1.165) is 11.6 Å². The molecular formula is C12H12F2N2O. The molecule has 5 heteroatoms. The van der Waals surface area contributed by atoms with Crippen LogP contribution in [0.3, 0.4) is 0 Å². The molecule has 0 fully saturated rings. The molecule has 0 amide bonds. The fourth-order valence-electron chi connectivity index (χ4n) is 1.69. The van der Waals surface area contributed by atoms with Crippen LogP contribution < -0.4 is 11.3 Å². The van der Waals surface area contributed by atoms with E-state index < -0.39 is 17.7 Å². The van der Waals surface area contributed by atoms with Crippen LogP contribution in [0.1, 0.15) is 17.2 Å². The van der Waals surface area contributed by atoms with Crippen molar-refractivity contribution < 1.29 is 13.2 Å². The summed E-state index contributed by atoms with van der Waals surface area (Å²) in [6, 6.07) is 4.78. The van der Waals surface area contributed by atoms with Gasteiger partial charge in [0.2, 0.25) is 0 Å². The van der Waals surface area contributed by atoms with Gasteiger partial charge in [-0.05, 0) is 24.1 Å². The molecule has 0 aliphatic heterocycles. The van der Waals surface area contributed by atoms with Crippen LogP contribution in [0, 0.1) is 11.6 Å². The van der Waals surface area contributed by atoms with Gasteiger partial charge in [-0.25, -0.2) is 8.78 Å². The molecule has 0 aliphatic carbocycles. The number of hydrazine groups is 1. The SMILES string of the molecule is NNC(Cc1ccoc1)c1ccc(F)cc1F. The molecule has 1 heterocycles. The summed E-state index contributed by atoms with van der Waals surface area (Å²) in [5, 5.41) is 0. The Morgan fingerprint density at radius 1 is 1.29 bits per heavy atom. The first-order chi connectivity index (χ1) is 8.20. The summed E-state index contributed by atoms with van der Waals surface area (Å²) in [5.41, 5.74) is 3.73. The summed E-state index contributed by atoms with van der Waals surface area (Å²) in [5.74, 6) is 4.17. The fourth-order valence-corrected chi connectivity index (χ4v) is 1.69. The van der Waals surface area contributed by atoms with E-state index in [0.29, 0.717) is 12.0 Å². The largest absolute Gasteiger partial charge is 0.472 e. The molecule has 90 valence electrons. The van der Waals surface area contributed by atoms with Crippen molar-refractivity contribution in [2.75, 3.05) is 0 Å². The molecule has 0 spiro atoms. The van der Waals surface area contributed by atoms with E-state index in [9.17, 15) is 8.78 Å². The number of hydrogen-bond acceptors (Lipinski definition) is 3. The van der Waals surface area contributed by atoms with E-state index in [1.165, 1.54) is 18.4 Å². The van der Waals surface area contributed by atoms with Crippen molar-refractivity contribution in [3.8, 4) is 0 Å². The Morgan fingerprint density at radius 3 is 2.71 bits per heavy atom. The van der Waals surface area contributed by atoms with Crippen molar-refractivity contribution in [3.63, 3.8) is 0 Å². The van der Waals surface area contributed by atoms with Gasteiger partial charge in [0.15, 0.2) is 0 Å². The summed E-state index contributed by atoms with van der Waals surface area (Å²) in [7, 11) is 0. The minimum absolute atomic E-state index is 0.329. The molecular weight excluding hydrogens is 226 g/mol. The highest BCUT2D eigenvalue weighted by atomic mass is 19.1. The number of nitrogens with one attached hydrogen (secondary N) is 1. The average Bonchev–Trinajstić information content (AvgIpc) is 2.79. The number of nitrogens with two attached hydrogens (primary N) is 1. The number of rotatable bonds is 4. The van der Waals surface area contributed by atoms with Gasteiger partial charge in [0.05, 0.1) is 18.6 Å². The minimum Gasteiger partial charge on any atom is -0.472 e. The third-order valence-corrected chi connectivity index (χ3v) is 2.56. The van der Waals surface area contributed by atoms with Crippen LogP contribution in [0.2, 0.25) is 0 Å². The normalized spacial score (nSPS) is 12.6. The molecule has 1 aromatic carbocycles. The van der Waals surface area contributed by atoms with E-state index in [4.69, 9.17) is 10.3 Å². The fraction of sp³-hybridized carbons (Fsp3) is 0.167. The molecule has 0 saturated carbocycles. The lowest BCUT2D eigenvalue weighted by molar-refractivity contribution is 0.498. The van der Waals surface area contributed by atoms with Crippen LogP contribution in [0.4, 0.5) is 8.78 Å². The van der Waals surface area contributed by atoms with Crippen LogP contribution in [0.5, 0.6) is 0 Å². The molecule has 1 unspecified atom stereocenters. The Bertz CT molecular complexity index is 485. The maximum atomic E-state index is 13.6. The van der Waals surface area contributed by atoms with Crippen molar-refractivity contribution in [2.24, 2.45) is 5.84 Å². The molecule has 0 saturated heterocycles.